The molecule has 0 unspecified atom stereocenters. The van der Waals surface area contributed by atoms with Crippen molar-refractivity contribution >= 4 is 5.78 Å². The summed E-state index contributed by atoms with van der Waals surface area (Å²) in [6.07, 6.45) is 1.40. The fourth-order valence-corrected chi connectivity index (χ4v) is 0.679. The first-order valence-electron chi connectivity index (χ1n) is 3.82. The second-order valence-electron chi connectivity index (χ2n) is 3.12. The molecule has 1 N–H and O–H groups in total. The summed E-state index contributed by atoms with van der Waals surface area (Å²) in [7, 11) is 0. The van der Waals surface area contributed by atoms with Gasteiger partial charge < -0.3 is 9.52 Å². The van der Waals surface area contributed by atoms with E-state index in [1.807, 2.05) is 0 Å². The van der Waals surface area contributed by atoms with Gasteiger partial charge in [-0.1, -0.05) is 5.92 Å². The van der Waals surface area contributed by atoms with Crippen LogP contribution < -0.4 is 0 Å². The fraction of sp³-hybridized carbons (Fsp3) is 0.300. The standard InChI is InChI=1S/C10H10O3/c1-10(2,12)6-5-8(11)9-4-3-7-13-9/h3-4,7,12H,1-2H3. The third kappa shape index (κ3) is 3.14. The van der Waals surface area contributed by atoms with Gasteiger partial charge in [0.15, 0.2) is 5.76 Å². The second-order valence-corrected chi connectivity index (χ2v) is 3.12. The van der Waals surface area contributed by atoms with Gasteiger partial charge in [0.05, 0.1) is 6.26 Å². The van der Waals surface area contributed by atoms with Crippen LogP contribution in [0.2, 0.25) is 0 Å². The zero-order valence-electron chi connectivity index (χ0n) is 7.50. The summed E-state index contributed by atoms with van der Waals surface area (Å²) in [5, 5.41) is 9.21. The number of ketones is 1. The number of aliphatic hydroxyl groups is 1. The van der Waals surface area contributed by atoms with Crippen molar-refractivity contribution in [3.8, 4) is 11.8 Å². The molecule has 1 rings (SSSR count). The summed E-state index contributed by atoms with van der Waals surface area (Å²) in [5.74, 6) is 4.47. The number of rotatable bonds is 1. The molecule has 0 aliphatic heterocycles. The van der Waals surface area contributed by atoms with Crippen molar-refractivity contribution in [1.29, 1.82) is 0 Å². The van der Waals surface area contributed by atoms with E-state index < -0.39 is 11.4 Å². The Morgan fingerprint density at radius 3 is 2.77 bits per heavy atom. The van der Waals surface area contributed by atoms with E-state index >= 15 is 0 Å². The van der Waals surface area contributed by atoms with E-state index in [2.05, 4.69) is 11.8 Å². The first kappa shape index (κ1) is 9.56. The zero-order valence-corrected chi connectivity index (χ0v) is 7.50. The molecule has 68 valence electrons. The summed E-state index contributed by atoms with van der Waals surface area (Å²) >= 11 is 0. The van der Waals surface area contributed by atoms with Crippen molar-refractivity contribution in [3.63, 3.8) is 0 Å². The Morgan fingerprint density at radius 2 is 2.31 bits per heavy atom. The highest BCUT2D eigenvalue weighted by Gasteiger charge is 2.09. The third-order valence-electron chi connectivity index (χ3n) is 1.23. The van der Waals surface area contributed by atoms with Gasteiger partial charge >= 0.3 is 0 Å². The minimum absolute atomic E-state index is 0.191. The van der Waals surface area contributed by atoms with E-state index in [9.17, 15) is 9.90 Å². The number of carbonyl (C=O) groups excluding carboxylic acids is 1. The van der Waals surface area contributed by atoms with Crippen molar-refractivity contribution in [3.05, 3.63) is 24.2 Å². The predicted molar refractivity (Wildman–Crippen MR) is 47.1 cm³/mol. The lowest BCUT2D eigenvalue weighted by atomic mass is 10.1. The molecule has 0 saturated carbocycles. The van der Waals surface area contributed by atoms with Crippen molar-refractivity contribution in [2.75, 3.05) is 0 Å². The molecule has 0 aliphatic carbocycles. The molecule has 0 saturated heterocycles. The van der Waals surface area contributed by atoms with Gasteiger partial charge in [-0.2, -0.15) is 0 Å². The van der Waals surface area contributed by atoms with Gasteiger partial charge in [-0.25, -0.2) is 0 Å². The molecule has 3 heteroatoms. The monoisotopic (exact) mass is 178 g/mol. The molecule has 0 amide bonds. The fourth-order valence-electron chi connectivity index (χ4n) is 0.679. The van der Waals surface area contributed by atoms with Crippen LogP contribution >= 0.6 is 0 Å². The van der Waals surface area contributed by atoms with Gasteiger partial charge in [-0.15, -0.1) is 0 Å². The first-order valence-corrected chi connectivity index (χ1v) is 3.82. The molecule has 1 aromatic rings. The lowest BCUT2D eigenvalue weighted by Gasteiger charge is -2.05. The van der Waals surface area contributed by atoms with E-state index in [-0.39, 0.29) is 5.76 Å². The molecular formula is C10H10O3. The molecule has 0 fully saturated rings. The van der Waals surface area contributed by atoms with Crippen molar-refractivity contribution < 1.29 is 14.3 Å². The molecule has 3 nitrogen and oxygen atoms in total. The highest BCUT2D eigenvalue weighted by molar-refractivity contribution is 6.07. The zero-order chi connectivity index (χ0) is 9.90. The van der Waals surface area contributed by atoms with Crippen LogP contribution in [-0.2, 0) is 0 Å². The molecule has 0 spiro atoms. The maximum atomic E-state index is 11.2. The highest BCUT2D eigenvalue weighted by Crippen LogP contribution is 2.01. The van der Waals surface area contributed by atoms with Gasteiger partial charge in [0.25, 0.3) is 5.78 Å². The van der Waals surface area contributed by atoms with Crippen LogP contribution in [0.3, 0.4) is 0 Å². The molecule has 0 bridgehead atoms. The summed E-state index contributed by atoms with van der Waals surface area (Å²) in [6, 6.07) is 3.14. The summed E-state index contributed by atoms with van der Waals surface area (Å²) in [5.41, 5.74) is -1.15. The van der Waals surface area contributed by atoms with Crippen LogP contribution in [0.15, 0.2) is 22.8 Å². The van der Waals surface area contributed by atoms with Gasteiger partial charge in [0.2, 0.25) is 0 Å². The quantitative estimate of drug-likeness (QED) is 0.400. The number of Topliss-reactive ketones (excluding diaryl/α,β-unsaturated/α-hetero) is 1. The number of hydrogen-bond acceptors (Lipinski definition) is 3. The van der Waals surface area contributed by atoms with Crippen molar-refractivity contribution in [2.24, 2.45) is 0 Å². The molecule has 1 heterocycles. The Labute approximate surface area is 76.4 Å². The lowest BCUT2D eigenvalue weighted by Crippen LogP contribution is -2.15. The van der Waals surface area contributed by atoms with Crippen LogP contribution in [0.1, 0.15) is 24.4 Å². The van der Waals surface area contributed by atoms with E-state index in [0.717, 1.165) is 0 Å². The molecule has 0 aromatic carbocycles. The SMILES string of the molecule is CC(C)(O)C#CC(=O)c1ccco1. The van der Waals surface area contributed by atoms with E-state index in [1.54, 1.807) is 6.07 Å². The van der Waals surface area contributed by atoms with Gasteiger partial charge in [-0.3, -0.25) is 4.79 Å². The molecule has 0 aliphatic rings. The topological polar surface area (TPSA) is 50.4 Å². The average Bonchev–Trinajstić information content (AvgIpc) is 2.50. The minimum atomic E-state index is -1.15. The number of hydrogen-bond donors (Lipinski definition) is 1. The Balaban J connectivity index is 2.76. The van der Waals surface area contributed by atoms with Crippen LogP contribution in [0.25, 0.3) is 0 Å². The highest BCUT2D eigenvalue weighted by atomic mass is 16.3. The Kier molecular flexibility index (Phi) is 2.54. The van der Waals surface area contributed by atoms with Crippen molar-refractivity contribution in [1.82, 2.24) is 0 Å². The predicted octanol–water partition coefficient (Wildman–Crippen LogP) is 1.24. The molecule has 1 aromatic heterocycles. The Bertz CT molecular complexity index is 344. The molecule has 13 heavy (non-hydrogen) atoms. The molecule has 0 radical (unpaired) electrons. The van der Waals surface area contributed by atoms with Crippen LogP contribution in [0.4, 0.5) is 0 Å². The number of carbonyl (C=O) groups is 1. The van der Waals surface area contributed by atoms with Gasteiger partial charge in [0.1, 0.15) is 5.60 Å². The van der Waals surface area contributed by atoms with Crippen LogP contribution in [0, 0.1) is 11.8 Å². The molecule has 0 atom stereocenters. The maximum Gasteiger partial charge on any atom is 0.271 e. The van der Waals surface area contributed by atoms with E-state index in [0.29, 0.717) is 0 Å². The average molecular weight is 178 g/mol. The normalized spacial score (nSPS) is 10.4. The largest absolute Gasteiger partial charge is 0.460 e. The first-order chi connectivity index (χ1) is 5.99. The Hall–Kier alpha value is -1.53. The van der Waals surface area contributed by atoms with Crippen molar-refractivity contribution in [2.45, 2.75) is 19.4 Å². The third-order valence-corrected chi connectivity index (χ3v) is 1.23. The summed E-state index contributed by atoms with van der Waals surface area (Å²) in [6.45, 7) is 3.02. The Morgan fingerprint density at radius 1 is 1.62 bits per heavy atom. The smallest absolute Gasteiger partial charge is 0.271 e. The summed E-state index contributed by atoms with van der Waals surface area (Å²) in [4.78, 5) is 11.2. The van der Waals surface area contributed by atoms with E-state index in [4.69, 9.17) is 4.42 Å². The number of furan rings is 1. The second kappa shape index (κ2) is 3.46. The van der Waals surface area contributed by atoms with Gasteiger partial charge in [0, 0.05) is 0 Å². The van der Waals surface area contributed by atoms with Crippen LogP contribution in [0.5, 0.6) is 0 Å². The maximum absolute atomic E-state index is 11.2. The molecular weight excluding hydrogens is 168 g/mol. The van der Waals surface area contributed by atoms with Gasteiger partial charge in [-0.05, 0) is 31.9 Å². The van der Waals surface area contributed by atoms with Crippen LogP contribution in [-0.4, -0.2) is 16.5 Å². The lowest BCUT2D eigenvalue weighted by molar-refractivity contribution is 0.102. The van der Waals surface area contributed by atoms with E-state index in [1.165, 1.54) is 26.2 Å². The minimum Gasteiger partial charge on any atom is -0.460 e. The summed E-state index contributed by atoms with van der Waals surface area (Å²) < 4.78 is 4.83.